The van der Waals surface area contributed by atoms with E-state index in [0.717, 1.165) is 0 Å². The van der Waals surface area contributed by atoms with E-state index in [1.54, 1.807) is 6.20 Å². The lowest BCUT2D eigenvalue weighted by atomic mass is 10.4. The lowest BCUT2D eigenvalue weighted by Gasteiger charge is -1.96. The zero-order valence-electron chi connectivity index (χ0n) is 7.08. The molecule has 2 heterocycles. The molecule has 0 aliphatic rings. The van der Waals surface area contributed by atoms with Gasteiger partial charge in [0.15, 0.2) is 0 Å². The fourth-order valence-corrected chi connectivity index (χ4v) is 1.10. The fraction of sp³-hybridized carbons (Fsp3) is 0.143. The van der Waals surface area contributed by atoms with Crippen molar-refractivity contribution in [3.63, 3.8) is 0 Å². The van der Waals surface area contributed by atoms with Crippen LogP contribution >= 0.6 is 0 Å². The van der Waals surface area contributed by atoms with Gasteiger partial charge >= 0.3 is 5.97 Å². The van der Waals surface area contributed by atoms with E-state index < -0.39 is 5.97 Å². The SMILES string of the molecule is Nc1cnc2nnc(CC(=O)O)n2c1. The van der Waals surface area contributed by atoms with Crippen LogP contribution in [0.3, 0.4) is 0 Å². The maximum atomic E-state index is 10.5. The number of fused-ring (bicyclic) bond motifs is 1. The lowest BCUT2D eigenvalue weighted by Crippen LogP contribution is -2.05. The molecular weight excluding hydrogens is 186 g/mol. The average molecular weight is 193 g/mol. The fourth-order valence-electron chi connectivity index (χ4n) is 1.10. The second-order valence-corrected chi connectivity index (χ2v) is 2.74. The zero-order chi connectivity index (χ0) is 10.1. The summed E-state index contributed by atoms with van der Waals surface area (Å²) in [6, 6.07) is 0. The lowest BCUT2D eigenvalue weighted by molar-refractivity contribution is -0.136. The van der Waals surface area contributed by atoms with E-state index in [1.807, 2.05) is 0 Å². The molecule has 0 radical (unpaired) electrons. The number of nitrogen functional groups attached to an aromatic ring is 1. The van der Waals surface area contributed by atoms with E-state index in [4.69, 9.17) is 10.8 Å². The number of aliphatic carboxylic acids is 1. The monoisotopic (exact) mass is 193 g/mol. The minimum Gasteiger partial charge on any atom is -0.481 e. The first-order valence-electron chi connectivity index (χ1n) is 3.84. The van der Waals surface area contributed by atoms with Crippen LogP contribution in [0.4, 0.5) is 5.69 Å². The Morgan fingerprint density at radius 3 is 3.07 bits per heavy atom. The first-order valence-corrected chi connectivity index (χ1v) is 3.84. The maximum absolute atomic E-state index is 10.5. The summed E-state index contributed by atoms with van der Waals surface area (Å²) in [6.07, 6.45) is 2.78. The van der Waals surface area contributed by atoms with Crippen LogP contribution in [0.5, 0.6) is 0 Å². The topological polar surface area (TPSA) is 106 Å². The van der Waals surface area contributed by atoms with Crippen molar-refractivity contribution in [2.75, 3.05) is 5.73 Å². The molecule has 2 rings (SSSR count). The number of hydrogen-bond donors (Lipinski definition) is 2. The molecule has 0 atom stereocenters. The largest absolute Gasteiger partial charge is 0.481 e. The molecule has 0 aliphatic heterocycles. The summed E-state index contributed by atoms with van der Waals surface area (Å²) in [5.74, 6) is -0.315. The Labute approximate surface area is 78.2 Å². The highest BCUT2D eigenvalue weighted by atomic mass is 16.4. The Hall–Kier alpha value is -2.18. The standard InChI is InChI=1S/C7H7N5O2/c8-4-2-9-7-11-10-5(1-6(13)14)12(7)3-4/h2-3H,1,8H2,(H,13,14). The van der Waals surface area contributed by atoms with Crippen LogP contribution in [-0.2, 0) is 11.2 Å². The highest BCUT2D eigenvalue weighted by molar-refractivity contribution is 5.69. The number of anilines is 1. The molecule has 2 aromatic heterocycles. The Balaban J connectivity index is 2.55. The Bertz CT molecular complexity index is 492. The third kappa shape index (κ3) is 1.35. The van der Waals surface area contributed by atoms with Gasteiger partial charge in [0.05, 0.1) is 11.9 Å². The predicted octanol–water partition coefficient (Wildman–Crippen LogP) is -0.666. The van der Waals surface area contributed by atoms with Gasteiger partial charge in [0.25, 0.3) is 5.78 Å². The summed E-state index contributed by atoms with van der Waals surface area (Å²) in [5, 5.41) is 16.0. The molecule has 0 aromatic carbocycles. The third-order valence-electron chi connectivity index (χ3n) is 1.67. The van der Waals surface area contributed by atoms with Crippen molar-refractivity contribution in [3.05, 3.63) is 18.2 Å². The van der Waals surface area contributed by atoms with Gasteiger partial charge in [-0.2, -0.15) is 0 Å². The molecule has 7 heteroatoms. The van der Waals surface area contributed by atoms with Crippen molar-refractivity contribution in [2.24, 2.45) is 0 Å². The first kappa shape index (κ1) is 8.42. The second kappa shape index (κ2) is 2.95. The van der Waals surface area contributed by atoms with E-state index in [1.165, 1.54) is 10.6 Å². The number of nitrogens with two attached hydrogens (primary N) is 1. The van der Waals surface area contributed by atoms with Crippen LogP contribution in [0.15, 0.2) is 12.4 Å². The van der Waals surface area contributed by atoms with Crippen LogP contribution in [0.25, 0.3) is 5.78 Å². The molecule has 7 nitrogen and oxygen atoms in total. The summed E-state index contributed by atoms with van der Waals surface area (Å²) < 4.78 is 1.46. The molecule has 0 saturated heterocycles. The van der Waals surface area contributed by atoms with Gasteiger partial charge in [-0.25, -0.2) is 4.98 Å². The van der Waals surface area contributed by atoms with E-state index >= 15 is 0 Å². The van der Waals surface area contributed by atoms with Gasteiger partial charge in [0.2, 0.25) is 0 Å². The molecule has 2 aromatic rings. The number of carboxylic acids is 1. The molecule has 0 fully saturated rings. The number of aromatic nitrogens is 4. The van der Waals surface area contributed by atoms with Crippen LogP contribution in [-0.4, -0.2) is 30.7 Å². The van der Waals surface area contributed by atoms with Crippen LogP contribution in [0, 0.1) is 0 Å². The maximum Gasteiger partial charge on any atom is 0.311 e. The van der Waals surface area contributed by atoms with Gasteiger partial charge in [-0.3, -0.25) is 9.20 Å². The Morgan fingerprint density at radius 1 is 1.57 bits per heavy atom. The number of nitrogens with zero attached hydrogens (tertiary/aromatic N) is 4. The Kier molecular flexibility index (Phi) is 1.77. The molecule has 0 spiro atoms. The summed E-state index contributed by atoms with van der Waals surface area (Å²) in [4.78, 5) is 14.3. The van der Waals surface area contributed by atoms with Crippen LogP contribution < -0.4 is 5.73 Å². The van der Waals surface area contributed by atoms with Crippen molar-refractivity contribution >= 4 is 17.4 Å². The highest BCUT2D eigenvalue weighted by Gasteiger charge is 2.09. The van der Waals surface area contributed by atoms with Crippen LogP contribution in [0.1, 0.15) is 5.82 Å². The summed E-state index contributed by atoms with van der Waals surface area (Å²) >= 11 is 0. The molecule has 0 aliphatic carbocycles. The van der Waals surface area contributed by atoms with Crippen molar-refractivity contribution in [2.45, 2.75) is 6.42 Å². The summed E-state index contributed by atoms with van der Waals surface area (Å²) in [5.41, 5.74) is 5.93. The number of rotatable bonds is 2. The molecule has 3 N–H and O–H groups in total. The van der Waals surface area contributed by atoms with Gasteiger partial charge in [-0.05, 0) is 0 Å². The number of carboxylic acid groups (broad SMARTS) is 1. The van der Waals surface area contributed by atoms with Crippen LogP contribution in [0.2, 0.25) is 0 Å². The van der Waals surface area contributed by atoms with Gasteiger partial charge in [-0.15, -0.1) is 10.2 Å². The molecule has 0 amide bonds. The molecule has 0 saturated carbocycles. The molecule has 72 valence electrons. The third-order valence-corrected chi connectivity index (χ3v) is 1.67. The van der Waals surface area contributed by atoms with Gasteiger partial charge in [-0.1, -0.05) is 0 Å². The number of carbonyl (C=O) groups is 1. The molecule has 0 bridgehead atoms. The van der Waals surface area contributed by atoms with Gasteiger partial charge in [0.1, 0.15) is 12.2 Å². The normalized spacial score (nSPS) is 10.6. The molecule has 14 heavy (non-hydrogen) atoms. The van der Waals surface area contributed by atoms with Crippen molar-refractivity contribution in [1.82, 2.24) is 19.6 Å². The summed E-state index contributed by atoms with van der Waals surface area (Å²) in [7, 11) is 0. The van der Waals surface area contributed by atoms with E-state index in [0.29, 0.717) is 17.3 Å². The van der Waals surface area contributed by atoms with E-state index in [-0.39, 0.29) is 6.42 Å². The van der Waals surface area contributed by atoms with Crippen molar-refractivity contribution in [1.29, 1.82) is 0 Å². The predicted molar refractivity (Wildman–Crippen MR) is 46.5 cm³/mol. The molecular formula is C7H7N5O2. The van der Waals surface area contributed by atoms with E-state index in [2.05, 4.69) is 15.2 Å². The highest BCUT2D eigenvalue weighted by Crippen LogP contribution is 2.05. The second-order valence-electron chi connectivity index (χ2n) is 2.74. The zero-order valence-corrected chi connectivity index (χ0v) is 7.08. The quantitative estimate of drug-likeness (QED) is 0.655. The van der Waals surface area contributed by atoms with E-state index in [9.17, 15) is 4.79 Å². The number of hydrogen-bond acceptors (Lipinski definition) is 5. The smallest absolute Gasteiger partial charge is 0.311 e. The minimum atomic E-state index is -0.971. The van der Waals surface area contributed by atoms with Gasteiger partial charge in [0, 0.05) is 6.20 Å². The summed E-state index contributed by atoms with van der Waals surface area (Å²) in [6.45, 7) is 0. The van der Waals surface area contributed by atoms with Gasteiger partial charge < -0.3 is 10.8 Å². The average Bonchev–Trinajstić information content (AvgIpc) is 2.47. The van der Waals surface area contributed by atoms with Crippen molar-refractivity contribution in [3.8, 4) is 0 Å². The first-order chi connectivity index (χ1) is 6.66. The Morgan fingerprint density at radius 2 is 2.36 bits per heavy atom. The minimum absolute atomic E-state index is 0.202. The molecule has 0 unspecified atom stereocenters. The van der Waals surface area contributed by atoms with Crippen molar-refractivity contribution < 1.29 is 9.90 Å².